The van der Waals surface area contributed by atoms with E-state index in [1.54, 1.807) is 0 Å². The van der Waals surface area contributed by atoms with E-state index < -0.39 is 0 Å². The number of hydrogen-bond acceptors (Lipinski definition) is 2. The normalized spacial score (nSPS) is 11.1. The van der Waals surface area contributed by atoms with Crippen molar-refractivity contribution in [3.63, 3.8) is 0 Å². The molecule has 2 heterocycles. The van der Waals surface area contributed by atoms with Gasteiger partial charge in [-0.1, -0.05) is 36.4 Å². The second kappa shape index (κ2) is 4.96. The van der Waals surface area contributed by atoms with Crippen LogP contribution >= 0.6 is 12.2 Å². The fourth-order valence-electron chi connectivity index (χ4n) is 2.77. The van der Waals surface area contributed by atoms with Crippen molar-refractivity contribution in [2.24, 2.45) is 0 Å². The molecule has 0 radical (unpaired) electrons. The number of aryl methyl sites for hydroxylation is 1. The highest BCUT2D eigenvalue weighted by molar-refractivity contribution is 7.71. The Bertz CT molecular complexity index is 1020. The minimum atomic E-state index is 0.592. The maximum absolute atomic E-state index is 5.45. The van der Waals surface area contributed by atoms with Gasteiger partial charge in [0.15, 0.2) is 10.6 Å². The highest BCUT2D eigenvalue weighted by Crippen LogP contribution is 2.29. The molecule has 0 atom stereocenters. The molecule has 0 saturated heterocycles. The van der Waals surface area contributed by atoms with Gasteiger partial charge in [0.2, 0.25) is 0 Å². The van der Waals surface area contributed by atoms with Gasteiger partial charge in [-0.05, 0) is 36.8 Å². The van der Waals surface area contributed by atoms with E-state index in [-0.39, 0.29) is 0 Å². The summed E-state index contributed by atoms with van der Waals surface area (Å²) in [7, 11) is 0. The van der Waals surface area contributed by atoms with Crippen LogP contribution in [0.3, 0.4) is 0 Å². The number of nitrogens with one attached hydrogen (secondary N) is 2. The summed E-state index contributed by atoms with van der Waals surface area (Å²) in [6, 6.07) is 16.3. The van der Waals surface area contributed by atoms with Crippen LogP contribution in [0.1, 0.15) is 5.56 Å². The number of fused-ring (bicyclic) bond motifs is 1. The van der Waals surface area contributed by atoms with E-state index in [0.717, 1.165) is 33.5 Å². The molecule has 0 amide bonds. The van der Waals surface area contributed by atoms with Gasteiger partial charge < -0.3 is 4.98 Å². The first-order chi connectivity index (χ1) is 10.8. The lowest BCUT2D eigenvalue weighted by atomic mass is 10.1. The van der Waals surface area contributed by atoms with Crippen molar-refractivity contribution in [2.75, 3.05) is 0 Å². The first-order valence-corrected chi connectivity index (χ1v) is 7.46. The predicted molar refractivity (Wildman–Crippen MR) is 90.8 cm³/mol. The summed E-state index contributed by atoms with van der Waals surface area (Å²) >= 11 is 5.45. The number of hydrogen-bond donors (Lipinski definition) is 2. The van der Waals surface area contributed by atoms with Crippen LogP contribution in [-0.4, -0.2) is 19.7 Å². The van der Waals surface area contributed by atoms with Crippen LogP contribution < -0.4 is 0 Å². The van der Waals surface area contributed by atoms with E-state index >= 15 is 0 Å². The first kappa shape index (κ1) is 13.0. The minimum Gasteiger partial charge on any atom is -0.360 e. The van der Waals surface area contributed by atoms with E-state index in [1.165, 1.54) is 0 Å². The fourth-order valence-corrected chi connectivity index (χ4v) is 3.00. The van der Waals surface area contributed by atoms with Gasteiger partial charge in [0.05, 0.1) is 5.69 Å². The number of aromatic amines is 2. The highest BCUT2D eigenvalue weighted by atomic mass is 32.1. The summed E-state index contributed by atoms with van der Waals surface area (Å²) in [5, 5.41) is 8.50. The maximum atomic E-state index is 5.45. The smallest absolute Gasteiger partial charge is 0.200 e. The lowest BCUT2D eigenvalue weighted by molar-refractivity contribution is 1.02. The molecule has 0 fully saturated rings. The molecule has 22 heavy (non-hydrogen) atoms. The average molecular weight is 306 g/mol. The summed E-state index contributed by atoms with van der Waals surface area (Å²) < 4.78 is 2.58. The molecule has 0 aliphatic rings. The molecular weight excluding hydrogens is 292 g/mol. The molecule has 2 aromatic heterocycles. The van der Waals surface area contributed by atoms with Gasteiger partial charge >= 0.3 is 0 Å². The lowest BCUT2D eigenvalue weighted by Gasteiger charge is -2.09. The van der Waals surface area contributed by atoms with Gasteiger partial charge in [-0.15, -0.1) is 0 Å². The summed E-state index contributed by atoms with van der Waals surface area (Å²) in [6.45, 7) is 2.07. The molecule has 0 aliphatic heterocycles. The van der Waals surface area contributed by atoms with Crippen LogP contribution in [0.15, 0.2) is 54.7 Å². The standard InChI is InChI=1S/C17H14N4S/c1-11-6-2-5-9-15(11)21-16(19-20-17(21)22)13-10-18-14-8-4-3-7-12(13)14/h2-10,18H,1H3,(H,20,22). The molecule has 108 valence electrons. The van der Waals surface area contributed by atoms with Crippen molar-refractivity contribution in [1.29, 1.82) is 0 Å². The van der Waals surface area contributed by atoms with Crippen LogP contribution in [-0.2, 0) is 0 Å². The van der Waals surface area contributed by atoms with E-state index in [4.69, 9.17) is 12.2 Å². The van der Waals surface area contributed by atoms with Crippen molar-refractivity contribution in [3.05, 3.63) is 65.1 Å². The summed E-state index contributed by atoms with van der Waals surface area (Å²) in [5.41, 5.74) is 4.32. The molecule has 0 bridgehead atoms. The summed E-state index contributed by atoms with van der Waals surface area (Å²) in [4.78, 5) is 3.29. The Morgan fingerprint density at radius 3 is 2.68 bits per heavy atom. The van der Waals surface area contributed by atoms with Crippen LogP contribution in [0.4, 0.5) is 0 Å². The van der Waals surface area contributed by atoms with Crippen molar-refractivity contribution in [2.45, 2.75) is 6.92 Å². The Labute approximate surface area is 132 Å². The number of nitrogens with zero attached hydrogens (tertiary/aromatic N) is 2. The third-order valence-electron chi connectivity index (χ3n) is 3.86. The second-order valence-electron chi connectivity index (χ2n) is 5.22. The predicted octanol–water partition coefficient (Wildman–Crippen LogP) is 4.39. The van der Waals surface area contributed by atoms with Crippen molar-refractivity contribution < 1.29 is 0 Å². The number of para-hydroxylation sites is 2. The fraction of sp³-hybridized carbons (Fsp3) is 0.0588. The van der Waals surface area contributed by atoms with Gasteiger partial charge in [0, 0.05) is 22.7 Å². The number of H-pyrrole nitrogens is 2. The van der Waals surface area contributed by atoms with Crippen molar-refractivity contribution >= 4 is 23.1 Å². The molecule has 4 rings (SSSR count). The lowest BCUT2D eigenvalue weighted by Crippen LogP contribution is -1.99. The van der Waals surface area contributed by atoms with Crippen molar-refractivity contribution in [3.8, 4) is 17.1 Å². The molecule has 2 aromatic carbocycles. The number of aromatic nitrogens is 4. The maximum Gasteiger partial charge on any atom is 0.200 e. The largest absolute Gasteiger partial charge is 0.360 e. The molecule has 5 heteroatoms. The number of benzene rings is 2. The van der Waals surface area contributed by atoms with E-state index in [1.807, 2.05) is 35.0 Å². The molecule has 0 unspecified atom stereocenters. The molecule has 4 nitrogen and oxygen atoms in total. The monoisotopic (exact) mass is 306 g/mol. The highest BCUT2D eigenvalue weighted by Gasteiger charge is 2.15. The molecule has 2 N–H and O–H groups in total. The van der Waals surface area contributed by atoms with Gasteiger partial charge in [-0.3, -0.25) is 9.67 Å². The van der Waals surface area contributed by atoms with Crippen LogP contribution in [0.5, 0.6) is 0 Å². The Morgan fingerprint density at radius 1 is 1.05 bits per heavy atom. The molecule has 0 aliphatic carbocycles. The first-order valence-electron chi connectivity index (χ1n) is 7.05. The summed E-state index contributed by atoms with van der Waals surface area (Å²) in [5.74, 6) is 0.816. The van der Waals surface area contributed by atoms with Gasteiger partial charge in [0.1, 0.15) is 0 Å². The third-order valence-corrected chi connectivity index (χ3v) is 4.13. The molecule has 4 aromatic rings. The van der Waals surface area contributed by atoms with Crippen LogP contribution in [0, 0.1) is 11.7 Å². The van der Waals surface area contributed by atoms with Crippen LogP contribution in [0.2, 0.25) is 0 Å². The van der Waals surface area contributed by atoms with Gasteiger partial charge in [-0.2, -0.15) is 5.10 Å². The SMILES string of the molecule is Cc1ccccc1-n1c(-c2c[nH]c3ccccc23)n[nH]c1=S. The van der Waals surface area contributed by atoms with Crippen molar-refractivity contribution in [1.82, 2.24) is 19.7 Å². The second-order valence-corrected chi connectivity index (χ2v) is 5.61. The van der Waals surface area contributed by atoms with E-state index in [9.17, 15) is 0 Å². The third kappa shape index (κ3) is 1.90. The molecule has 0 spiro atoms. The van der Waals surface area contributed by atoms with Gasteiger partial charge in [0.25, 0.3) is 0 Å². The van der Waals surface area contributed by atoms with E-state index in [0.29, 0.717) is 4.77 Å². The number of rotatable bonds is 2. The zero-order chi connectivity index (χ0) is 15.1. The van der Waals surface area contributed by atoms with E-state index in [2.05, 4.69) is 46.4 Å². The Morgan fingerprint density at radius 2 is 1.82 bits per heavy atom. The zero-order valence-electron chi connectivity index (χ0n) is 12.0. The van der Waals surface area contributed by atoms with Gasteiger partial charge in [-0.25, -0.2) is 0 Å². The molecular formula is C17H14N4S. The Hall–Kier alpha value is -2.66. The summed E-state index contributed by atoms with van der Waals surface area (Å²) in [6.07, 6.45) is 1.98. The quantitative estimate of drug-likeness (QED) is 0.540. The minimum absolute atomic E-state index is 0.592. The Kier molecular flexibility index (Phi) is 2.94. The van der Waals surface area contributed by atoms with Crippen LogP contribution in [0.25, 0.3) is 28.0 Å². The topological polar surface area (TPSA) is 49.4 Å². The molecule has 0 saturated carbocycles. The average Bonchev–Trinajstić information content (AvgIpc) is 3.11. The Balaban J connectivity index is 2.02. The zero-order valence-corrected chi connectivity index (χ0v) is 12.8.